The molecule has 3 heteroatoms. The van der Waals surface area contributed by atoms with Crippen molar-refractivity contribution in [3.8, 4) is 0 Å². The lowest BCUT2D eigenvalue weighted by Crippen LogP contribution is -2.10. The summed E-state index contributed by atoms with van der Waals surface area (Å²) in [5.41, 5.74) is 1.44. The minimum atomic E-state index is 0. The predicted molar refractivity (Wildman–Crippen MR) is 66.3 cm³/mol. The number of nitrogens with one attached hydrogen (secondary N) is 1. The van der Waals surface area contributed by atoms with Crippen LogP contribution in [0.25, 0.3) is 0 Å². The molecule has 0 aliphatic carbocycles. The van der Waals surface area contributed by atoms with Crippen molar-refractivity contribution in [2.24, 2.45) is 0 Å². The van der Waals surface area contributed by atoms with E-state index in [2.05, 4.69) is 47.4 Å². The lowest BCUT2D eigenvalue weighted by Gasteiger charge is -2.07. The van der Waals surface area contributed by atoms with Crippen molar-refractivity contribution in [1.29, 1.82) is 0 Å². The fourth-order valence-corrected chi connectivity index (χ4v) is 2.70. The predicted octanol–water partition coefficient (Wildman–Crippen LogP) is 2.70. The van der Waals surface area contributed by atoms with E-state index in [0.717, 1.165) is 11.0 Å². The van der Waals surface area contributed by atoms with Gasteiger partial charge in [0, 0.05) is 17.5 Å². The quantitative estimate of drug-likeness (QED) is 0.856. The highest BCUT2D eigenvalue weighted by Gasteiger charge is 2.13. The van der Waals surface area contributed by atoms with Gasteiger partial charge in [-0.3, -0.25) is 0 Å². The van der Waals surface area contributed by atoms with Crippen molar-refractivity contribution in [3.05, 3.63) is 35.9 Å². The summed E-state index contributed by atoms with van der Waals surface area (Å²) in [6, 6.07) is 10.7. The van der Waals surface area contributed by atoms with Gasteiger partial charge in [0.2, 0.25) is 0 Å². The molecule has 0 unspecified atom stereocenters. The van der Waals surface area contributed by atoms with Crippen molar-refractivity contribution < 1.29 is 0 Å². The van der Waals surface area contributed by atoms with E-state index in [-0.39, 0.29) is 12.4 Å². The van der Waals surface area contributed by atoms with Gasteiger partial charge in [0.1, 0.15) is 0 Å². The Balaban J connectivity index is 0.000000980. The van der Waals surface area contributed by atoms with Crippen molar-refractivity contribution in [3.63, 3.8) is 0 Å². The number of halogens is 1. The second-order valence-corrected chi connectivity index (χ2v) is 4.70. The number of benzene rings is 1. The SMILES string of the molecule is Cl.c1ccc(CS[C@H]2CCNC2)cc1. The molecule has 1 aromatic carbocycles. The van der Waals surface area contributed by atoms with E-state index in [1.165, 1.54) is 25.1 Å². The molecule has 0 spiro atoms. The molecule has 0 radical (unpaired) electrons. The number of rotatable bonds is 3. The van der Waals surface area contributed by atoms with Gasteiger partial charge >= 0.3 is 0 Å². The molecule has 1 saturated heterocycles. The van der Waals surface area contributed by atoms with Gasteiger partial charge in [-0.15, -0.1) is 12.4 Å². The van der Waals surface area contributed by atoms with Gasteiger partial charge in [0.05, 0.1) is 0 Å². The second-order valence-electron chi connectivity index (χ2n) is 3.41. The number of thioether (sulfide) groups is 1. The van der Waals surface area contributed by atoms with Crippen LogP contribution in [-0.2, 0) is 5.75 Å². The minimum absolute atomic E-state index is 0. The van der Waals surface area contributed by atoms with E-state index < -0.39 is 0 Å². The summed E-state index contributed by atoms with van der Waals surface area (Å²) in [7, 11) is 0. The van der Waals surface area contributed by atoms with Crippen LogP contribution in [0.4, 0.5) is 0 Å². The van der Waals surface area contributed by atoms with Crippen molar-refractivity contribution in [2.45, 2.75) is 17.4 Å². The van der Waals surface area contributed by atoms with E-state index in [1.54, 1.807) is 0 Å². The zero-order valence-corrected chi connectivity index (χ0v) is 9.74. The zero-order valence-electron chi connectivity index (χ0n) is 8.11. The summed E-state index contributed by atoms with van der Waals surface area (Å²) in [5, 5.41) is 4.22. The Bertz CT molecular complexity index is 247. The maximum absolute atomic E-state index is 3.39. The minimum Gasteiger partial charge on any atom is -0.316 e. The monoisotopic (exact) mass is 229 g/mol. The molecule has 0 aromatic heterocycles. The van der Waals surface area contributed by atoms with Gasteiger partial charge in [0.15, 0.2) is 0 Å². The maximum Gasteiger partial charge on any atom is 0.0187 e. The molecule has 1 aromatic rings. The molecule has 78 valence electrons. The molecule has 1 heterocycles. The third kappa shape index (κ3) is 3.52. The highest BCUT2D eigenvalue weighted by atomic mass is 35.5. The highest BCUT2D eigenvalue weighted by molar-refractivity contribution is 7.99. The molecule has 0 saturated carbocycles. The number of hydrogen-bond acceptors (Lipinski definition) is 2. The summed E-state index contributed by atoms with van der Waals surface area (Å²) in [4.78, 5) is 0. The van der Waals surface area contributed by atoms with Crippen LogP contribution < -0.4 is 5.32 Å². The van der Waals surface area contributed by atoms with Gasteiger partial charge < -0.3 is 5.32 Å². The first kappa shape index (κ1) is 11.9. The summed E-state index contributed by atoms with van der Waals surface area (Å²) < 4.78 is 0. The Morgan fingerprint density at radius 3 is 2.71 bits per heavy atom. The lowest BCUT2D eigenvalue weighted by atomic mass is 10.2. The van der Waals surface area contributed by atoms with Crippen LogP contribution in [0.15, 0.2) is 30.3 Å². The number of hydrogen-bond donors (Lipinski definition) is 1. The van der Waals surface area contributed by atoms with Crippen LogP contribution in [0.5, 0.6) is 0 Å². The van der Waals surface area contributed by atoms with Gasteiger partial charge in [-0.25, -0.2) is 0 Å². The summed E-state index contributed by atoms with van der Waals surface area (Å²) >= 11 is 2.07. The van der Waals surface area contributed by atoms with Crippen molar-refractivity contribution in [1.82, 2.24) is 5.32 Å². The zero-order chi connectivity index (χ0) is 8.93. The first-order chi connectivity index (χ1) is 6.45. The van der Waals surface area contributed by atoms with Crippen LogP contribution in [0.2, 0.25) is 0 Å². The van der Waals surface area contributed by atoms with Gasteiger partial charge in [-0.1, -0.05) is 30.3 Å². The Labute approximate surface area is 96.1 Å². The highest BCUT2D eigenvalue weighted by Crippen LogP contribution is 2.21. The molecule has 1 atom stereocenters. The molecule has 0 bridgehead atoms. The second kappa shape index (κ2) is 6.33. The third-order valence-corrected chi connectivity index (χ3v) is 3.72. The molecular formula is C11H16ClNS. The molecule has 1 fully saturated rings. The molecule has 0 amide bonds. The van der Waals surface area contributed by atoms with E-state index >= 15 is 0 Å². The van der Waals surface area contributed by atoms with E-state index in [1.807, 2.05) is 0 Å². The average Bonchev–Trinajstić information content (AvgIpc) is 2.69. The van der Waals surface area contributed by atoms with Gasteiger partial charge in [-0.2, -0.15) is 11.8 Å². The van der Waals surface area contributed by atoms with Crippen LogP contribution >= 0.6 is 24.2 Å². The average molecular weight is 230 g/mol. The molecule has 1 nitrogen and oxygen atoms in total. The lowest BCUT2D eigenvalue weighted by molar-refractivity contribution is 0.858. The first-order valence-corrected chi connectivity index (χ1v) is 5.86. The standard InChI is InChI=1S/C11H15NS.ClH/c1-2-4-10(5-3-1)9-13-11-6-7-12-8-11;/h1-5,11-12H,6-9H2;1H/t11-;/m0./s1. The Hall–Kier alpha value is -0.180. The molecule has 1 aliphatic heterocycles. The van der Waals surface area contributed by atoms with Crippen molar-refractivity contribution >= 4 is 24.2 Å². The van der Waals surface area contributed by atoms with E-state index in [9.17, 15) is 0 Å². The van der Waals surface area contributed by atoms with Gasteiger partial charge in [-0.05, 0) is 18.5 Å². The Kier molecular flexibility index (Phi) is 5.38. The summed E-state index contributed by atoms with van der Waals surface area (Å²) in [6.07, 6.45) is 1.33. The Morgan fingerprint density at radius 1 is 1.29 bits per heavy atom. The molecule has 2 rings (SSSR count). The van der Waals surface area contributed by atoms with E-state index in [0.29, 0.717) is 0 Å². The van der Waals surface area contributed by atoms with Crippen LogP contribution in [-0.4, -0.2) is 18.3 Å². The maximum atomic E-state index is 3.39. The van der Waals surface area contributed by atoms with Crippen molar-refractivity contribution in [2.75, 3.05) is 13.1 Å². The third-order valence-electron chi connectivity index (χ3n) is 2.34. The van der Waals surface area contributed by atoms with Crippen LogP contribution in [0.3, 0.4) is 0 Å². The topological polar surface area (TPSA) is 12.0 Å². The fraction of sp³-hybridized carbons (Fsp3) is 0.455. The summed E-state index contributed by atoms with van der Waals surface area (Å²) in [6.45, 7) is 2.39. The Morgan fingerprint density at radius 2 is 2.07 bits per heavy atom. The smallest absolute Gasteiger partial charge is 0.0187 e. The van der Waals surface area contributed by atoms with E-state index in [4.69, 9.17) is 0 Å². The molecular weight excluding hydrogens is 214 g/mol. The first-order valence-electron chi connectivity index (χ1n) is 4.81. The summed E-state index contributed by atoms with van der Waals surface area (Å²) in [5.74, 6) is 1.16. The largest absolute Gasteiger partial charge is 0.316 e. The normalized spacial score (nSPS) is 20.4. The molecule has 1 N–H and O–H groups in total. The fourth-order valence-electron chi connectivity index (χ4n) is 1.56. The molecule has 14 heavy (non-hydrogen) atoms. The van der Waals surface area contributed by atoms with Crippen LogP contribution in [0, 0.1) is 0 Å². The molecule has 1 aliphatic rings. The van der Waals surface area contributed by atoms with Gasteiger partial charge in [0.25, 0.3) is 0 Å². The van der Waals surface area contributed by atoms with Crippen LogP contribution in [0.1, 0.15) is 12.0 Å².